The molecule has 3 rings (SSSR count). The number of hydrogen-bond donors (Lipinski definition) is 3. The van der Waals surface area contributed by atoms with Crippen molar-refractivity contribution in [1.82, 2.24) is 10.6 Å². The van der Waals surface area contributed by atoms with Crippen LogP contribution < -0.4 is 25.4 Å². The van der Waals surface area contributed by atoms with E-state index in [1.165, 1.54) is 7.11 Å². The molecule has 2 aromatic carbocycles. The molecular weight excluding hydrogens is 398 g/mol. The summed E-state index contributed by atoms with van der Waals surface area (Å²) in [6.07, 6.45) is 0. The van der Waals surface area contributed by atoms with Crippen molar-refractivity contribution < 1.29 is 14.3 Å². The van der Waals surface area contributed by atoms with Crippen molar-refractivity contribution in [3.05, 3.63) is 64.3 Å². The van der Waals surface area contributed by atoms with Crippen LogP contribution in [-0.2, 0) is 4.79 Å². The fraction of sp³-hybridized carbons (Fsp3) is 0.200. The van der Waals surface area contributed by atoms with E-state index in [0.717, 1.165) is 5.56 Å². The molecule has 3 N–H and O–H groups in total. The molecule has 1 aliphatic rings. The molecular formula is C20H20ClN3O3S. The number of nitrogens with one attached hydrogen (secondary N) is 3. The van der Waals surface area contributed by atoms with Crippen LogP contribution in [-0.4, -0.2) is 25.2 Å². The number of carbonyl (C=O) groups excluding carboxylic acids is 1. The summed E-state index contributed by atoms with van der Waals surface area (Å²) in [6, 6.07) is 12.0. The number of allylic oxidation sites excluding steroid dienone is 1. The lowest BCUT2D eigenvalue weighted by atomic mass is 9.95. The van der Waals surface area contributed by atoms with Crippen LogP contribution in [0.1, 0.15) is 18.5 Å². The Morgan fingerprint density at radius 3 is 2.61 bits per heavy atom. The highest BCUT2D eigenvalue weighted by molar-refractivity contribution is 7.80. The summed E-state index contributed by atoms with van der Waals surface area (Å²) in [5, 5.41) is 10.0. The summed E-state index contributed by atoms with van der Waals surface area (Å²) in [4.78, 5) is 13.2. The zero-order valence-corrected chi connectivity index (χ0v) is 17.2. The largest absolute Gasteiger partial charge is 0.497 e. The molecule has 0 radical (unpaired) electrons. The van der Waals surface area contributed by atoms with Crippen LogP contribution in [0.2, 0.25) is 5.02 Å². The Morgan fingerprint density at radius 2 is 1.93 bits per heavy atom. The lowest BCUT2D eigenvalue weighted by Crippen LogP contribution is -2.45. The van der Waals surface area contributed by atoms with Gasteiger partial charge in [0.05, 0.1) is 31.5 Å². The second-order valence-corrected chi connectivity index (χ2v) is 6.93. The van der Waals surface area contributed by atoms with Gasteiger partial charge in [0.2, 0.25) is 0 Å². The fourth-order valence-corrected chi connectivity index (χ4v) is 3.54. The highest BCUT2D eigenvalue weighted by Gasteiger charge is 2.31. The maximum absolute atomic E-state index is 13.2. The standard InChI is InChI=1S/C20H20ClN3O3S/c1-11-17(18(24-20(28)22-11)13-6-4-5-7-14(13)21)19(25)23-15-9-8-12(26-2)10-16(15)27-3/h4-10,18H,1-3H3,(H,23,25)(H2,22,24,28)/t18-/m0/s1. The van der Waals surface area contributed by atoms with Gasteiger partial charge in [0.1, 0.15) is 11.5 Å². The van der Waals surface area contributed by atoms with E-state index in [1.54, 1.807) is 38.3 Å². The molecule has 6 nitrogen and oxygen atoms in total. The van der Waals surface area contributed by atoms with Crippen LogP contribution in [0, 0.1) is 0 Å². The highest BCUT2D eigenvalue weighted by Crippen LogP contribution is 2.34. The number of thiocarbonyl (C=S) groups is 1. The summed E-state index contributed by atoms with van der Waals surface area (Å²) in [5.74, 6) is 0.825. The SMILES string of the molecule is COc1ccc(NC(=O)C2=C(C)NC(=S)N[C@H]2c2ccccc2Cl)c(OC)c1. The van der Waals surface area contributed by atoms with E-state index in [2.05, 4.69) is 16.0 Å². The minimum absolute atomic E-state index is 0.298. The Labute approximate surface area is 173 Å². The number of hydrogen-bond acceptors (Lipinski definition) is 4. The van der Waals surface area contributed by atoms with Gasteiger partial charge in [0, 0.05) is 16.8 Å². The zero-order chi connectivity index (χ0) is 20.3. The van der Waals surface area contributed by atoms with Crippen molar-refractivity contribution in [2.75, 3.05) is 19.5 Å². The number of halogens is 1. The van der Waals surface area contributed by atoms with E-state index in [0.29, 0.717) is 38.6 Å². The van der Waals surface area contributed by atoms with Crippen LogP contribution in [0.3, 0.4) is 0 Å². The van der Waals surface area contributed by atoms with Gasteiger partial charge < -0.3 is 25.4 Å². The molecule has 0 saturated carbocycles. The normalized spacial score (nSPS) is 16.1. The number of rotatable bonds is 5. The molecule has 0 bridgehead atoms. The predicted molar refractivity (Wildman–Crippen MR) is 114 cm³/mol. The van der Waals surface area contributed by atoms with E-state index in [-0.39, 0.29) is 5.91 Å². The summed E-state index contributed by atoms with van der Waals surface area (Å²) < 4.78 is 10.6. The van der Waals surface area contributed by atoms with Gasteiger partial charge in [-0.3, -0.25) is 4.79 Å². The van der Waals surface area contributed by atoms with Crippen LogP contribution in [0.25, 0.3) is 0 Å². The van der Waals surface area contributed by atoms with Gasteiger partial charge >= 0.3 is 0 Å². The van der Waals surface area contributed by atoms with Crippen molar-refractivity contribution in [3.8, 4) is 11.5 Å². The molecule has 0 spiro atoms. The van der Waals surface area contributed by atoms with E-state index in [4.69, 9.17) is 33.3 Å². The third-order valence-electron chi connectivity index (χ3n) is 4.39. The molecule has 1 amide bonds. The van der Waals surface area contributed by atoms with Crippen molar-refractivity contribution in [2.45, 2.75) is 13.0 Å². The first-order chi connectivity index (χ1) is 13.4. The van der Waals surface area contributed by atoms with E-state index < -0.39 is 6.04 Å². The Morgan fingerprint density at radius 1 is 1.18 bits per heavy atom. The maximum Gasteiger partial charge on any atom is 0.255 e. The maximum atomic E-state index is 13.2. The molecule has 8 heteroatoms. The van der Waals surface area contributed by atoms with Crippen molar-refractivity contribution in [1.29, 1.82) is 0 Å². The first-order valence-corrected chi connectivity index (χ1v) is 9.29. The average Bonchev–Trinajstić information content (AvgIpc) is 2.67. The molecule has 1 aliphatic heterocycles. The first kappa shape index (κ1) is 20.0. The smallest absolute Gasteiger partial charge is 0.255 e. The zero-order valence-electron chi connectivity index (χ0n) is 15.6. The van der Waals surface area contributed by atoms with E-state index >= 15 is 0 Å². The molecule has 28 heavy (non-hydrogen) atoms. The number of benzene rings is 2. The third-order valence-corrected chi connectivity index (χ3v) is 4.95. The van der Waals surface area contributed by atoms with Crippen molar-refractivity contribution in [2.24, 2.45) is 0 Å². The molecule has 2 aromatic rings. The number of methoxy groups -OCH3 is 2. The molecule has 0 saturated heterocycles. The summed E-state index contributed by atoms with van der Waals surface area (Å²) in [7, 11) is 3.10. The monoisotopic (exact) mass is 417 g/mol. The van der Waals surface area contributed by atoms with E-state index in [9.17, 15) is 4.79 Å². The van der Waals surface area contributed by atoms with Gasteiger partial charge in [-0.25, -0.2) is 0 Å². The minimum Gasteiger partial charge on any atom is -0.497 e. The number of ether oxygens (including phenoxy) is 2. The summed E-state index contributed by atoms with van der Waals surface area (Å²) in [6.45, 7) is 1.80. The average molecular weight is 418 g/mol. The molecule has 146 valence electrons. The Hall–Kier alpha value is -2.77. The molecule has 1 heterocycles. The second-order valence-electron chi connectivity index (χ2n) is 6.11. The number of carbonyl (C=O) groups is 1. The van der Waals surface area contributed by atoms with Crippen LogP contribution in [0.5, 0.6) is 11.5 Å². The lowest BCUT2D eigenvalue weighted by Gasteiger charge is -2.31. The highest BCUT2D eigenvalue weighted by atomic mass is 35.5. The Balaban J connectivity index is 1.97. The molecule has 1 atom stereocenters. The van der Waals surface area contributed by atoms with Gasteiger partial charge in [-0.15, -0.1) is 0 Å². The molecule has 0 aromatic heterocycles. The van der Waals surface area contributed by atoms with Gasteiger partial charge in [-0.05, 0) is 42.9 Å². The minimum atomic E-state index is -0.480. The van der Waals surface area contributed by atoms with Gasteiger partial charge in [-0.2, -0.15) is 0 Å². The van der Waals surface area contributed by atoms with Crippen molar-refractivity contribution >= 4 is 40.5 Å². The van der Waals surface area contributed by atoms with Gasteiger partial charge in [-0.1, -0.05) is 29.8 Å². The Bertz CT molecular complexity index is 961. The third kappa shape index (κ3) is 4.05. The lowest BCUT2D eigenvalue weighted by molar-refractivity contribution is -0.113. The quantitative estimate of drug-likeness (QED) is 0.643. The van der Waals surface area contributed by atoms with Crippen LogP contribution in [0.15, 0.2) is 53.7 Å². The summed E-state index contributed by atoms with van der Waals surface area (Å²) >= 11 is 11.6. The van der Waals surface area contributed by atoms with Gasteiger partial charge in [0.15, 0.2) is 5.11 Å². The summed E-state index contributed by atoms with van der Waals surface area (Å²) in [5.41, 5.74) is 2.43. The molecule has 0 fully saturated rings. The van der Waals surface area contributed by atoms with Gasteiger partial charge in [0.25, 0.3) is 5.91 Å². The molecule has 0 unspecified atom stereocenters. The number of anilines is 1. The molecule has 0 aliphatic carbocycles. The van der Waals surface area contributed by atoms with Crippen molar-refractivity contribution in [3.63, 3.8) is 0 Å². The Kier molecular flexibility index (Phi) is 6.06. The topological polar surface area (TPSA) is 71.6 Å². The van der Waals surface area contributed by atoms with E-state index in [1.807, 2.05) is 18.2 Å². The second kappa shape index (κ2) is 8.50. The fourth-order valence-electron chi connectivity index (χ4n) is 3.03. The number of amides is 1. The predicted octanol–water partition coefficient (Wildman–Crippen LogP) is 3.79. The van der Waals surface area contributed by atoms with Crippen LogP contribution in [0.4, 0.5) is 5.69 Å². The first-order valence-electron chi connectivity index (χ1n) is 8.50. The van der Waals surface area contributed by atoms with Crippen LogP contribution >= 0.6 is 23.8 Å².